The van der Waals surface area contributed by atoms with Crippen molar-refractivity contribution in [1.82, 2.24) is 10.2 Å². The fraction of sp³-hybridized carbons (Fsp3) is 0.381. The van der Waals surface area contributed by atoms with E-state index in [0.717, 1.165) is 24.1 Å². The number of hydrogen-bond acceptors (Lipinski definition) is 2. The van der Waals surface area contributed by atoms with Crippen LogP contribution in [0.25, 0.3) is 0 Å². The lowest BCUT2D eigenvalue weighted by Crippen LogP contribution is -2.53. The van der Waals surface area contributed by atoms with Crippen molar-refractivity contribution in [3.05, 3.63) is 63.1 Å². The molecule has 4 nitrogen and oxygen atoms in total. The molecule has 3 rings (SSSR count). The highest BCUT2D eigenvalue weighted by Gasteiger charge is 2.31. The van der Waals surface area contributed by atoms with E-state index in [2.05, 4.69) is 17.1 Å². The molecule has 28 heavy (non-hydrogen) atoms. The zero-order valence-electron chi connectivity index (χ0n) is 15.8. The lowest BCUT2D eigenvalue weighted by Gasteiger charge is -2.43. The van der Waals surface area contributed by atoms with E-state index < -0.39 is 0 Å². The van der Waals surface area contributed by atoms with Crippen molar-refractivity contribution in [3.63, 3.8) is 0 Å². The molecule has 0 radical (unpaired) electrons. The number of nitrogens with zero attached hydrogens (tertiary/aromatic N) is 2. The standard InChI is InChI=1S/C21H24Cl3N3O/c1-2-3-10-25-21(28)26-11-12-27(19-9-8-17(23)13-18(19)24)20(14-26)15-4-6-16(22)7-5-15/h4-9,13,20H,2-3,10-12,14H2,1H3,(H,25,28). The molecule has 0 spiro atoms. The number of benzene rings is 2. The average Bonchev–Trinajstić information content (AvgIpc) is 2.68. The SMILES string of the molecule is CCCCNC(=O)N1CCN(c2ccc(Cl)cc2Cl)C(c2ccc(Cl)cc2)C1. The predicted molar refractivity (Wildman–Crippen MR) is 118 cm³/mol. The summed E-state index contributed by atoms with van der Waals surface area (Å²) in [6, 6.07) is 13.2. The smallest absolute Gasteiger partial charge is 0.317 e. The monoisotopic (exact) mass is 439 g/mol. The van der Waals surface area contributed by atoms with Gasteiger partial charge in [-0.05, 0) is 42.3 Å². The minimum absolute atomic E-state index is 0.0192. The summed E-state index contributed by atoms with van der Waals surface area (Å²) >= 11 is 18.6. The maximum absolute atomic E-state index is 12.6. The van der Waals surface area contributed by atoms with Crippen LogP contribution in [0.4, 0.5) is 10.5 Å². The lowest BCUT2D eigenvalue weighted by molar-refractivity contribution is 0.185. The van der Waals surface area contributed by atoms with E-state index in [1.807, 2.05) is 41.3 Å². The van der Waals surface area contributed by atoms with Crippen LogP contribution in [-0.2, 0) is 0 Å². The van der Waals surface area contributed by atoms with E-state index in [1.54, 1.807) is 6.07 Å². The molecule has 2 aromatic rings. The van der Waals surface area contributed by atoms with Gasteiger partial charge < -0.3 is 15.1 Å². The maximum atomic E-state index is 12.6. The van der Waals surface area contributed by atoms with Gasteiger partial charge in [0.15, 0.2) is 0 Å². The van der Waals surface area contributed by atoms with Gasteiger partial charge in [0.2, 0.25) is 0 Å². The number of rotatable bonds is 5. The molecule has 0 aliphatic carbocycles. The molecule has 1 N–H and O–H groups in total. The first-order valence-electron chi connectivity index (χ1n) is 9.49. The summed E-state index contributed by atoms with van der Waals surface area (Å²) in [5.74, 6) is 0. The van der Waals surface area contributed by atoms with Gasteiger partial charge in [-0.25, -0.2) is 4.79 Å². The average molecular weight is 441 g/mol. The number of urea groups is 1. The number of nitrogens with one attached hydrogen (secondary N) is 1. The number of amides is 2. The highest BCUT2D eigenvalue weighted by molar-refractivity contribution is 6.36. The molecule has 0 bridgehead atoms. The van der Waals surface area contributed by atoms with Gasteiger partial charge in [-0.3, -0.25) is 0 Å². The van der Waals surface area contributed by atoms with Crippen molar-refractivity contribution < 1.29 is 4.79 Å². The third-order valence-corrected chi connectivity index (χ3v) is 5.74. The number of halogens is 3. The summed E-state index contributed by atoms with van der Waals surface area (Å²) in [4.78, 5) is 16.7. The second-order valence-electron chi connectivity index (χ2n) is 6.89. The molecule has 0 saturated carbocycles. The predicted octanol–water partition coefficient (Wildman–Crippen LogP) is 6.02. The Hall–Kier alpha value is -1.62. The molecule has 1 saturated heterocycles. The molecule has 7 heteroatoms. The molecule has 2 aromatic carbocycles. The molecule has 2 amide bonds. The van der Waals surface area contributed by atoms with Crippen LogP contribution in [0.5, 0.6) is 0 Å². The van der Waals surface area contributed by atoms with Crippen molar-refractivity contribution in [2.75, 3.05) is 31.1 Å². The highest BCUT2D eigenvalue weighted by Crippen LogP contribution is 2.36. The quantitative estimate of drug-likeness (QED) is 0.577. The van der Waals surface area contributed by atoms with E-state index in [-0.39, 0.29) is 12.1 Å². The van der Waals surface area contributed by atoms with Gasteiger partial charge >= 0.3 is 6.03 Å². The summed E-state index contributed by atoms with van der Waals surface area (Å²) in [6.45, 7) is 4.68. The Morgan fingerprint density at radius 1 is 1.07 bits per heavy atom. The maximum Gasteiger partial charge on any atom is 0.317 e. The van der Waals surface area contributed by atoms with E-state index in [9.17, 15) is 4.79 Å². The Bertz CT molecular complexity index is 813. The van der Waals surface area contributed by atoms with Crippen molar-refractivity contribution in [2.24, 2.45) is 0 Å². The van der Waals surface area contributed by atoms with Crippen LogP contribution in [0.15, 0.2) is 42.5 Å². The molecule has 1 fully saturated rings. The number of hydrogen-bond donors (Lipinski definition) is 1. The van der Waals surface area contributed by atoms with Gasteiger partial charge in [0.1, 0.15) is 0 Å². The van der Waals surface area contributed by atoms with Crippen LogP contribution < -0.4 is 10.2 Å². The van der Waals surface area contributed by atoms with Gasteiger partial charge in [-0.15, -0.1) is 0 Å². The minimum Gasteiger partial charge on any atom is -0.360 e. The Balaban J connectivity index is 1.85. The Labute approximate surface area is 181 Å². The van der Waals surface area contributed by atoms with Crippen LogP contribution in [-0.4, -0.2) is 37.1 Å². The van der Waals surface area contributed by atoms with Crippen molar-refractivity contribution >= 4 is 46.5 Å². The largest absolute Gasteiger partial charge is 0.360 e. The molecule has 1 aliphatic rings. The van der Waals surface area contributed by atoms with Gasteiger partial charge in [0, 0.05) is 36.2 Å². The summed E-state index contributed by atoms with van der Waals surface area (Å²) < 4.78 is 0. The third-order valence-electron chi connectivity index (χ3n) is 4.95. The van der Waals surface area contributed by atoms with Gasteiger partial charge in [-0.1, -0.05) is 60.3 Å². The number of piperazine rings is 1. The Morgan fingerprint density at radius 3 is 2.46 bits per heavy atom. The van der Waals surface area contributed by atoms with E-state index >= 15 is 0 Å². The first-order chi connectivity index (χ1) is 13.5. The zero-order chi connectivity index (χ0) is 20.1. The van der Waals surface area contributed by atoms with Crippen LogP contribution in [0.2, 0.25) is 15.1 Å². The molecule has 1 atom stereocenters. The number of carbonyl (C=O) groups excluding carboxylic acids is 1. The Morgan fingerprint density at radius 2 is 1.79 bits per heavy atom. The van der Waals surface area contributed by atoms with Crippen molar-refractivity contribution in [1.29, 1.82) is 0 Å². The van der Waals surface area contributed by atoms with Gasteiger partial charge in [-0.2, -0.15) is 0 Å². The summed E-state index contributed by atoms with van der Waals surface area (Å²) in [6.07, 6.45) is 2.03. The van der Waals surface area contributed by atoms with Crippen LogP contribution in [0.1, 0.15) is 31.4 Å². The fourth-order valence-corrected chi connectivity index (χ4v) is 4.07. The highest BCUT2D eigenvalue weighted by atomic mass is 35.5. The second kappa shape index (κ2) is 9.73. The van der Waals surface area contributed by atoms with Crippen molar-refractivity contribution in [2.45, 2.75) is 25.8 Å². The summed E-state index contributed by atoms with van der Waals surface area (Å²) in [5, 5.41) is 4.90. The molecule has 0 aromatic heterocycles. The molecular weight excluding hydrogens is 417 g/mol. The van der Waals surface area contributed by atoms with Crippen molar-refractivity contribution in [3.8, 4) is 0 Å². The molecule has 150 valence electrons. The fourth-order valence-electron chi connectivity index (χ4n) is 3.42. The second-order valence-corrected chi connectivity index (χ2v) is 8.17. The van der Waals surface area contributed by atoms with Crippen LogP contribution in [0.3, 0.4) is 0 Å². The first kappa shape index (κ1) is 21.1. The molecule has 1 unspecified atom stereocenters. The zero-order valence-corrected chi connectivity index (χ0v) is 18.1. The summed E-state index contributed by atoms with van der Waals surface area (Å²) in [5.41, 5.74) is 2.00. The van der Waals surface area contributed by atoms with Gasteiger partial charge in [0.25, 0.3) is 0 Å². The molecule has 1 heterocycles. The first-order valence-corrected chi connectivity index (χ1v) is 10.6. The molecular formula is C21H24Cl3N3O. The number of unbranched alkanes of at least 4 members (excludes halogenated alkanes) is 1. The normalized spacial score (nSPS) is 16.9. The third kappa shape index (κ3) is 5.05. The van der Waals surface area contributed by atoms with Crippen LogP contribution in [0, 0.1) is 0 Å². The minimum atomic E-state index is -0.0263. The Kier molecular flexibility index (Phi) is 7.33. The van der Waals surface area contributed by atoms with Crippen LogP contribution >= 0.6 is 34.8 Å². The summed E-state index contributed by atoms with van der Waals surface area (Å²) in [7, 11) is 0. The van der Waals surface area contributed by atoms with E-state index in [0.29, 0.717) is 41.2 Å². The number of carbonyl (C=O) groups is 1. The lowest BCUT2D eigenvalue weighted by atomic mass is 10.0. The molecule has 1 aliphatic heterocycles. The van der Waals surface area contributed by atoms with E-state index in [1.165, 1.54) is 0 Å². The number of anilines is 1. The topological polar surface area (TPSA) is 35.6 Å². The van der Waals surface area contributed by atoms with Gasteiger partial charge in [0.05, 0.1) is 16.8 Å². The van der Waals surface area contributed by atoms with E-state index in [4.69, 9.17) is 34.8 Å².